The maximum Gasteiger partial charge on any atom is 0.220 e. The Hall–Kier alpha value is -1.56. The van der Waals surface area contributed by atoms with Crippen LogP contribution in [-0.4, -0.2) is 22.0 Å². The molecule has 2 rings (SSSR count). The van der Waals surface area contributed by atoms with Gasteiger partial charge in [-0.15, -0.1) is 24.8 Å². The van der Waals surface area contributed by atoms with Crippen molar-refractivity contribution < 1.29 is 4.79 Å². The molecule has 0 saturated carbocycles. The number of nitrogens with two attached hydrogens (primary N) is 1. The topological polar surface area (TPSA) is 72.9 Å². The van der Waals surface area contributed by atoms with E-state index in [4.69, 9.17) is 5.73 Å². The van der Waals surface area contributed by atoms with Crippen LogP contribution in [0.15, 0.2) is 43.0 Å². The van der Waals surface area contributed by atoms with Crippen molar-refractivity contribution in [3.63, 3.8) is 0 Å². The third kappa shape index (κ3) is 7.90. The van der Waals surface area contributed by atoms with E-state index in [0.717, 1.165) is 43.5 Å². The fourth-order valence-corrected chi connectivity index (χ4v) is 2.55. The summed E-state index contributed by atoms with van der Waals surface area (Å²) in [6.07, 6.45) is 10.1. The molecule has 0 radical (unpaired) electrons. The van der Waals surface area contributed by atoms with E-state index in [1.807, 2.05) is 35.9 Å². The summed E-state index contributed by atoms with van der Waals surface area (Å²) in [6, 6.07) is 8.13. The number of imidazole rings is 1. The van der Waals surface area contributed by atoms with Crippen LogP contribution in [0.2, 0.25) is 0 Å². The minimum absolute atomic E-state index is 0. The van der Waals surface area contributed by atoms with Crippen LogP contribution in [0.5, 0.6) is 0 Å². The third-order valence-corrected chi connectivity index (χ3v) is 3.91. The van der Waals surface area contributed by atoms with Gasteiger partial charge in [-0.1, -0.05) is 25.0 Å². The Morgan fingerprint density at radius 1 is 1.24 bits per heavy atom. The van der Waals surface area contributed by atoms with Crippen molar-refractivity contribution in [3.8, 4) is 5.69 Å². The number of unbranched alkanes of at least 4 members (excludes halogenated alkanes) is 3. The summed E-state index contributed by atoms with van der Waals surface area (Å²) in [4.78, 5) is 16.1. The Kier molecular flexibility index (Phi) is 12.0. The first-order chi connectivity index (χ1) is 11.2. The maximum atomic E-state index is 12.0. The molecule has 1 aromatic carbocycles. The van der Waals surface area contributed by atoms with Gasteiger partial charge in [-0.25, -0.2) is 4.98 Å². The number of carbonyl (C=O) groups is 1. The molecule has 0 aliphatic heterocycles. The molecular weight excluding hydrogens is 359 g/mol. The molecule has 0 spiro atoms. The van der Waals surface area contributed by atoms with Crippen molar-refractivity contribution in [3.05, 3.63) is 48.5 Å². The van der Waals surface area contributed by atoms with Crippen LogP contribution in [0.3, 0.4) is 0 Å². The van der Waals surface area contributed by atoms with Crippen LogP contribution >= 0.6 is 24.8 Å². The fraction of sp³-hybridized carbons (Fsp3) is 0.444. The van der Waals surface area contributed by atoms with E-state index in [0.29, 0.717) is 6.42 Å². The Balaban J connectivity index is 0.00000288. The number of nitrogens with one attached hydrogen (secondary N) is 1. The standard InChI is InChI=1S/C18H26N4O.2ClH/c1-15(21-18(23)9-4-2-3-5-10-19)16-7-6-8-17(13-16)22-12-11-20-14-22;;/h6-8,11-15H,2-5,9-10,19H2,1H3,(H,21,23);2*1H. The smallest absolute Gasteiger partial charge is 0.220 e. The number of hydrogen-bond acceptors (Lipinski definition) is 3. The van der Waals surface area contributed by atoms with Crippen molar-refractivity contribution >= 4 is 30.7 Å². The molecule has 25 heavy (non-hydrogen) atoms. The first-order valence-corrected chi connectivity index (χ1v) is 8.28. The number of benzene rings is 1. The fourth-order valence-electron chi connectivity index (χ4n) is 2.55. The summed E-state index contributed by atoms with van der Waals surface area (Å²) in [7, 11) is 0. The first kappa shape index (κ1) is 23.4. The zero-order valence-corrected chi connectivity index (χ0v) is 16.2. The lowest BCUT2D eigenvalue weighted by Gasteiger charge is -2.15. The Bertz CT molecular complexity index is 605. The SMILES string of the molecule is CC(NC(=O)CCCCCCN)c1cccc(-n2ccnc2)c1.Cl.Cl. The highest BCUT2D eigenvalue weighted by molar-refractivity contribution is 5.85. The van der Waals surface area contributed by atoms with E-state index < -0.39 is 0 Å². The molecule has 1 heterocycles. The molecule has 1 amide bonds. The van der Waals surface area contributed by atoms with Gasteiger partial charge < -0.3 is 15.6 Å². The normalized spacial score (nSPS) is 11.1. The zero-order valence-electron chi connectivity index (χ0n) is 14.6. The maximum absolute atomic E-state index is 12.0. The molecule has 2 aromatic rings. The highest BCUT2D eigenvalue weighted by Gasteiger charge is 2.10. The molecule has 1 unspecified atom stereocenters. The van der Waals surface area contributed by atoms with Crippen LogP contribution in [-0.2, 0) is 4.79 Å². The molecule has 0 fully saturated rings. The third-order valence-electron chi connectivity index (χ3n) is 3.91. The predicted molar refractivity (Wildman–Crippen MR) is 107 cm³/mol. The number of hydrogen-bond donors (Lipinski definition) is 2. The number of amides is 1. The Morgan fingerprint density at radius 2 is 2.00 bits per heavy atom. The average molecular weight is 387 g/mol. The van der Waals surface area contributed by atoms with Gasteiger partial charge in [0, 0.05) is 24.5 Å². The van der Waals surface area contributed by atoms with Gasteiger partial charge in [0.2, 0.25) is 5.91 Å². The van der Waals surface area contributed by atoms with E-state index in [1.165, 1.54) is 0 Å². The molecule has 3 N–H and O–H groups in total. The van der Waals surface area contributed by atoms with Crippen LogP contribution in [0.1, 0.15) is 50.6 Å². The van der Waals surface area contributed by atoms with Crippen molar-refractivity contribution in [2.45, 2.75) is 45.1 Å². The van der Waals surface area contributed by atoms with Crippen molar-refractivity contribution in [1.29, 1.82) is 0 Å². The number of carbonyl (C=O) groups excluding carboxylic acids is 1. The van der Waals surface area contributed by atoms with Crippen LogP contribution in [0.4, 0.5) is 0 Å². The largest absolute Gasteiger partial charge is 0.350 e. The minimum Gasteiger partial charge on any atom is -0.350 e. The highest BCUT2D eigenvalue weighted by atomic mass is 35.5. The molecule has 7 heteroatoms. The van der Waals surface area contributed by atoms with Crippen molar-refractivity contribution in [2.75, 3.05) is 6.54 Å². The second-order valence-corrected chi connectivity index (χ2v) is 5.81. The molecule has 0 aliphatic carbocycles. The quantitative estimate of drug-likeness (QED) is 0.643. The molecule has 0 aliphatic rings. The van der Waals surface area contributed by atoms with Crippen LogP contribution in [0.25, 0.3) is 5.69 Å². The summed E-state index contributed by atoms with van der Waals surface area (Å²) in [5.74, 6) is 0.110. The monoisotopic (exact) mass is 386 g/mol. The first-order valence-electron chi connectivity index (χ1n) is 8.28. The molecule has 1 atom stereocenters. The summed E-state index contributed by atoms with van der Waals surface area (Å²) in [5, 5.41) is 3.07. The summed E-state index contributed by atoms with van der Waals surface area (Å²) >= 11 is 0. The molecule has 0 bridgehead atoms. The van der Waals surface area contributed by atoms with Gasteiger partial charge in [0.25, 0.3) is 0 Å². The van der Waals surface area contributed by atoms with Crippen LogP contribution < -0.4 is 11.1 Å². The second kappa shape index (κ2) is 12.8. The molecular formula is C18H28Cl2N4O. The predicted octanol–water partition coefficient (Wildman–Crippen LogP) is 3.80. The van der Waals surface area contributed by atoms with Gasteiger partial charge >= 0.3 is 0 Å². The number of halogens is 2. The van der Waals surface area contributed by atoms with E-state index >= 15 is 0 Å². The molecule has 1 aromatic heterocycles. The van der Waals surface area contributed by atoms with Gasteiger partial charge in [-0.05, 0) is 44.0 Å². The lowest BCUT2D eigenvalue weighted by atomic mass is 10.1. The number of aromatic nitrogens is 2. The zero-order chi connectivity index (χ0) is 16.5. The van der Waals surface area contributed by atoms with E-state index in [1.54, 1.807) is 12.5 Å². The summed E-state index contributed by atoms with van der Waals surface area (Å²) in [5.41, 5.74) is 7.60. The van der Waals surface area contributed by atoms with Gasteiger partial charge in [0.15, 0.2) is 0 Å². The summed E-state index contributed by atoms with van der Waals surface area (Å²) in [6.45, 7) is 2.75. The van der Waals surface area contributed by atoms with Crippen LogP contribution in [0, 0.1) is 0 Å². The second-order valence-electron chi connectivity index (χ2n) is 5.81. The molecule has 140 valence electrons. The molecule has 0 saturated heterocycles. The Labute approximate surface area is 162 Å². The lowest BCUT2D eigenvalue weighted by molar-refractivity contribution is -0.121. The van der Waals surface area contributed by atoms with E-state index in [9.17, 15) is 4.79 Å². The van der Waals surface area contributed by atoms with Crippen molar-refractivity contribution in [1.82, 2.24) is 14.9 Å². The number of rotatable bonds is 9. The highest BCUT2D eigenvalue weighted by Crippen LogP contribution is 2.17. The van der Waals surface area contributed by atoms with Gasteiger partial charge in [0.05, 0.1) is 12.4 Å². The van der Waals surface area contributed by atoms with Gasteiger partial charge in [-0.2, -0.15) is 0 Å². The van der Waals surface area contributed by atoms with Gasteiger partial charge in [0.1, 0.15) is 0 Å². The average Bonchev–Trinajstić information content (AvgIpc) is 3.09. The van der Waals surface area contributed by atoms with Gasteiger partial charge in [-0.3, -0.25) is 4.79 Å². The Morgan fingerprint density at radius 3 is 2.68 bits per heavy atom. The van der Waals surface area contributed by atoms with Crippen molar-refractivity contribution in [2.24, 2.45) is 5.73 Å². The number of nitrogens with zero attached hydrogens (tertiary/aromatic N) is 2. The van der Waals surface area contributed by atoms with E-state index in [2.05, 4.69) is 16.4 Å². The molecule has 5 nitrogen and oxygen atoms in total. The minimum atomic E-state index is -0.00462. The summed E-state index contributed by atoms with van der Waals surface area (Å²) < 4.78 is 1.95. The lowest BCUT2D eigenvalue weighted by Crippen LogP contribution is -2.26. The van der Waals surface area contributed by atoms with E-state index in [-0.39, 0.29) is 36.8 Å².